The standard InChI is InChI=1S/C16H12ClNO4/c1-9(19)22-18-13-5-3-2-4-11(13)15(16(18)21)12-7-6-10(17)8-14(12)20/h2-8,15,20H,1H3. The van der Waals surface area contributed by atoms with Gasteiger partial charge in [0.1, 0.15) is 5.75 Å². The van der Waals surface area contributed by atoms with Crippen LogP contribution in [0.4, 0.5) is 5.69 Å². The van der Waals surface area contributed by atoms with Crippen LogP contribution in [0, 0.1) is 0 Å². The van der Waals surface area contributed by atoms with Crippen molar-refractivity contribution in [2.24, 2.45) is 0 Å². The van der Waals surface area contributed by atoms with Gasteiger partial charge in [-0.1, -0.05) is 35.9 Å². The van der Waals surface area contributed by atoms with Crippen LogP contribution >= 0.6 is 11.6 Å². The van der Waals surface area contributed by atoms with Crippen LogP contribution in [0.2, 0.25) is 5.02 Å². The van der Waals surface area contributed by atoms with Gasteiger partial charge < -0.3 is 9.94 Å². The molecular weight excluding hydrogens is 306 g/mol. The number of rotatable bonds is 2. The first-order valence-corrected chi connectivity index (χ1v) is 6.96. The van der Waals surface area contributed by atoms with E-state index in [0.717, 1.165) is 5.06 Å². The summed E-state index contributed by atoms with van der Waals surface area (Å²) in [6.07, 6.45) is 0. The number of phenols is 1. The van der Waals surface area contributed by atoms with Crippen molar-refractivity contribution in [1.82, 2.24) is 0 Å². The highest BCUT2D eigenvalue weighted by atomic mass is 35.5. The molecule has 112 valence electrons. The van der Waals surface area contributed by atoms with Gasteiger partial charge in [-0.15, -0.1) is 5.06 Å². The van der Waals surface area contributed by atoms with Crippen molar-refractivity contribution < 1.29 is 19.5 Å². The van der Waals surface area contributed by atoms with E-state index in [-0.39, 0.29) is 5.75 Å². The van der Waals surface area contributed by atoms with Gasteiger partial charge in [0.05, 0.1) is 11.6 Å². The predicted molar refractivity (Wildman–Crippen MR) is 80.7 cm³/mol. The highest BCUT2D eigenvalue weighted by Gasteiger charge is 2.41. The molecule has 6 heteroatoms. The van der Waals surface area contributed by atoms with E-state index in [9.17, 15) is 14.7 Å². The number of anilines is 1. The summed E-state index contributed by atoms with van der Waals surface area (Å²) in [7, 11) is 0. The molecule has 1 unspecified atom stereocenters. The van der Waals surface area contributed by atoms with Crippen LogP contribution in [0.25, 0.3) is 0 Å². The number of carbonyl (C=O) groups excluding carboxylic acids is 2. The SMILES string of the molecule is CC(=O)ON1C(=O)C(c2ccc(Cl)cc2O)c2ccccc21. The van der Waals surface area contributed by atoms with Crippen molar-refractivity contribution in [3.63, 3.8) is 0 Å². The fourth-order valence-electron chi connectivity index (χ4n) is 2.57. The zero-order valence-corrected chi connectivity index (χ0v) is 12.4. The summed E-state index contributed by atoms with van der Waals surface area (Å²) in [5.41, 5.74) is 1.56. The normalized spacial score (nSPS) is 16.5. The molecule has 1 aliphatic rings. The van der Waals surface area contributed by atoms with Crippen LogP contribution in [-0.2, 0) is 14.4 Å². The molecule has 1 atom stereocenters. The molecule has 0 aromatic heterocycles. The predicted octanol–water partition coefficient (Wildman–Crippen LogP) is 3.00. The number of amides is 1. The average molecular weight is 318 g/mol. The minimum Gasteiger partial charge on any atom is -0.508 e. The zero-order valence-electron chi connectivity index (χ0n) is 11.6. The number of benzene rings is 2. The monoisotopic (exact) mass is 317 g/mol. The third kappa shape index (κ3) is 2.29. The maximum atomic E-state index is 12.6. The van der Waals surface area contributed by atoms with Crippen molar-refractivity contribution in [2.75, 3.05) is 5.06 Å². The van der Waals surface area contributed by atoms with Crippen molar-refractivity contribution in [2.45, 2.75) is 12.8 Å². The quantitative estimate of drug-likeness (QED) is 0.924. The average Bonchev–Trinajstić information content (AvgIpc) is 2.72. The van der Waals surface area contributed by atoms with Crippen LogP contribution < -0.4 is 5.06 Å². The highest BCUT2D eigenvalue weighted by molar-refractivity contribution is 6.30. The van der Waals surface area contributed by atoms with E-state index < -0.39 is 17.8 Å². The minimum absolute atomic E-state index is 0.0784. The summed E-state index contributed by atoms with van der Waals surface area (Å²) in [5.74, 6) is -1.85. The number of para-hydroxylation sites is 1. The number of nitrogens with zero attached hydrogens (tertiary/aromatic N) is 1. The van der Waals surface area contributed by atoms with Crippen LogP contribution in [0.5, 0.6) is 5.75 Å². The van der Waals surface area contributed by atoms with Gasteiger partial charge in [-0.3, -0.25) is 4.79 Å². The van der Waals surface area contributed by atoms with Crippen LogP contribution in [0.1, 0.15) is 24.0 Å². The maximum absolute atomic E-state index is 12.6. The van der Waals surface area contributed by atoms with Gasteiger partial charge >= 0.3 is 5.97 Å². The summed E-state index contributed by atoms with van der Waals surface area (Å²) in [6.45, 7) is 1.23. The van der Waals surface area contributed by atoms with E-state index in [1.54, 1.807) is 36.4 Å². The molecule has 0 saturated carbocycles. The van der Waals surface area contributed by atoms with Crippen molar-refractivity contribution >= 4 is 29.2 Å². The Balaban J connectivity index is 2.12. The molecule has 1 amide bonds. The fraction of sp³-hybridized carbons (Fsp3) is 0.125. The molecular formula is C16H12ClNO4. The van der Waals surface area contributed by atoms with Crippen molar-refractivity contribution in [3.05, 3.63) is 58.6 Å². The van der Waals surface area contributed by atoms with E-state index in [2.05, 4.69) is 0 Å². The molecule has 22 heavy (non-hydrogen) atoms. The molecule has 2 aromatic carbocycles. The Labute approximate surface area is 131 Å². The third-order valence-electron chi connectivity index (χ3n) is 3.44. The first-order valence-electron chi connectivity index (χ1n) is 6.59. The van der Waals surface area contributed by atoms with Crippen molar-refractivity contribution in [3.8, 4) is 5.75 Å². The lowest BCUT2D eigenvalue weighted by Crippen LogP contribution is -2.31. The van der Waals surface area contributed by atoms with Gasteiger partial charge in [-0.2, -0.15) is 0 Å². The Bertz CT molecular complexity index is 774. The number of hydrogen-bond donors (Lipinski definition) is 1. The zero-order chi connectivity index (χ0) is 15.9. The van der Waals surface area contributed by atoms with Crippen LogP contribution in [0.15, 0.2) is 42.5 Å². The largest absolute Gasteiger partial charge is 0.508 e. The van der Waals surface area contributed by atoms with E-state index in [0.29, 0.717) is 21.8 Å². The molecule has 5 nitrogen and oxygen atoms in total. The number of aromatic hydroxyl groups is 1. The Morgan fingerprint density at radius 3 is 2.64 bits per heavy atom. The number of halogens is 1. The first kappa shape index (κ1) is 14.4. The van der Waals surface area contributed by atoms with Gasteiger partial charge in [-0.25, -0.2) is 4.79 Å². The summed E-state index contributed by atoms with van der Waals surface area (Å²) in [6, 6.07) is 11.5. The van der Waals surface area contributed by atoms with Gasteiger partial charge in [0.15, 0.2) is 0 Å². The molecule has 0 radical (unpaired) electrons. The number of hydrogen-bond acceptors (Lipinski definition) is 4. The molecule has 0 fully saturated rings. The molecule has 2 aromatic rings. The molecule has 0 bridgehead atoms. The molecule has 0 aliphatic carbocycles. The second-order valence-electron chi connectivity index (χ2n) is 4.91. The highest BCUT2D eigenvalue weighted by Crippen LogP contribution is 2.44. The van der Waals surface area contributed by atoms with Gasteiger partial charge in [0, 0.05) is 17.5 Å². The second kappa shape index (κ2) is 5.35. The lowest BCUT2D eigenvalue weighted by molar-refractivity contribution is -0.147. The molecule has 1 aliphatic heterocycles. The number of phenolic OH excluding ortho intramolecular Hbond substituents is 1. The Kier molecular flexibility index (Phi) is 3.50. The van der Waals surface area contributed by atoms with E-state index in [1.807, 2.05) is 0 Å². The number of hydroxylamine groups is 1. The molecule has 0 saturated heterocycles. The van der Waals surface area contributed by atoms with E-state index in [1.165, 1.54) is 13.0 Å². The van der Waals surface area contributed by atoms with Crippen molar-refractivity contribution in [1.29, 1.82) is 0 Å². The van der Waals surface area contributed by atoms with Crippen LogP contribution in [-0.4, -0.2) is 17.0 Å². The van der Waals surface area contributed by atoms with E-state index in [4.69, 9.17) is 16.4 Å². The topological polar surface area (TPSA) is 66.8 Å². The summed E-state index contributed by atoms with van der Waals surface area (Å²) in [4.78, 5) is 28.9. The molecule has 1 N–H and O–H groups in total. The smallest absolute Gasteiger partial charge is 0.330 e. The minimum atomic E-state index is -0.743. The second-order valence-corrected chi connectivity index (χ2v) is 5.35. The summed E-state index contributed by atoms with van der Waals surface area (Å²) < 4.78 is 0. The van der Waals surface area contributed by atoms with Gasteiger partial charge in [0.25, 0.3) is 5.91 Å². The Morgan fingerprint density at radius 1 is 1.23 bits per heavy atom. The lowest BCUT2D eigenvalue weighted by atomic mass is 9.92. The first-order chi connectivity index (χ1) is 10.5. The Hall–Kier alpha value is -2.53. The van der Waals surface area contributed by atoms with Gasteiger partial charge in [0.2, 0.25) is 0 Å². The summed E-state index contributed by atoms with van der Waals surface area (Å²) >= 11 is 5.83. The molecule has 0 spiro atoms. The fourth-order valence-corrected chi connectivity index (χ4v) is 2.74. The lowest BCUT2D eigenvalue weighted by Gasteiger charge is -2.16. The maximum Gasteiger partial charge on any atom is 0.330 e. The number of fused-ring (bicyclic) bond motifs is 1. The number of carbonyl (C=O) groups is 2. The van der Waals surface area contributed by atoms with Crippen LogP contribution in [0.3, 0.4) is 0 Å². The van der Waals surface area contributed by atoms with E-state index >= 15 is 0 Å². The summed E-state index contributed by atoms with van der Waals surface area (Å²) in [5, 5.41) is 11.4. The third-order valence-corrected chi connectivity index (χ3v) is 3.67. The molecule has 1 heterocycles. The Morgan fingerprint density at radius 2 is 1.95 bits per heavy atom. The molecule has 3 rings (SSSR count). The van der Waals surface area contributed by atoms with Gasteiger partial charge in [-0.05, 0) is 23.8 Å².